The summed E-state index contributed by atoms with van der Waals surface area (Å²) in [5, 5.41) is 4.06. The second-order valence-corrected chi connectivity index (χ2v) is 8.91. The number of amides is 1. The van der Waals surface area contributed by atoms with E-state index < -0.39 is 9.84 Å². The minimum atomic E-state index is -3.32. The standard InChI is InChI=1S/C19H20N4O4S/c1-28(25,26)15-2-3-17-16(10-15)18(21-12-20-17)22-14-4-7-23(8-5-14)19(24)13-6-9-27-11-13/h2-3,6,9-12,14H,4-5,7-8H2,1H3,(H,20,21,22). The van der Waals surface area contributed by atoms with Gasteiger partial charge in [0.2, 0.25) is 0 Å². The molecule has 0 unspecified atom stereocenters. The van der Waals surface area contributed by atoms with Crippen LogP contribution in [-0.2, 0) is 9.84 Å². The molecule has 2 aromatic heterocycles. The summed E-state index contributed by atoms with van der Waals surface area (Å²) in [6.07, 6.45) is 7.12. The molecule has 146 valence electrons. The number of nitrogens with zero attached hydrogens (tertiary/aromatic N) is 3. The lowest BCUT2D eigenvalue weighted by Crippen LogP contribution is -2.42. The second-order valence-electron chi connectivity index (χ2n) is 6.90. The number of nitrogens with one attached hydrogen (secondary N) is 1. The highest BCUT2D eigenvalue weighted by molar-refractivity contribution is 7.90. The van der Waals surface area contributed by atoms with Crippen LogP contribution < -0.4 is 5.32 Å². The van der Waals surface area contributed by atoms with Gasteiger partial charge in [0.1, 0.15) is 18.4 Å². The van der Waals surface area contributed by atoms with Crippen molar-refractivity contribution in [2.24, 2.45) is 0 Å². The van der Waals surface area contributed by atoms with Crippen LogP contribution in [0, 0.1) is 0 Å². The number of sulfone groups is 1. The van der Waals surface area contributed by atoms with Crippen LogP contribution in [0.25, 0.3) is 10.9 Å². The van der Waals surface area contributed by atoms with Crippen molar-refractivity contribution in [3.63, 3.8) is 0 Å². The molecule has 4 rings (SSSR count). The molecule has 1 saturated heterocycles. The van der Waals surface area contributed by atoms with Gasteiger partial charge in [-0.3, -0.25) is 4.79 Å². The number of carbonyl (C=O) groups excluding carboxylic acids is 1. The smallest absolute Gasteiger partial charge is 0.257 e. The van der Waals surface area contributed by atoms with Gasteiger partial charge in [-0.15, -0.1) is 0 Å². The van der Waals surface area contributed by atoms with Crippen molar-refractivity contribution in [1.82, 2.24) is 14.9 Å². The molecule has 9 heteroatoms. The minimum Gasteiger partial charge on any atom is -0.472 e. The SMILES string of the molecule is CS(=O)(=O)c1ccc2ncnc(NC3CCN(C(=O)c4ccoc4)CC3)c2c1. The Morgan fingerprint density at radius 1 is 1.21 bits per heavy atom. The van der Waals surface area contributed by atoms with Crippen LogP contribution in [-0.4, -0.2) is 54.6 Å². The first-order chi connectivity index (χ1) is 13.4. The molecule has 28 heavy (non-hydrogen) atoms. The Morgan fingerprint density at radius 2 is 2.00 bits per heavy atom. The predicted molar refractivity (Wildman–Crippen MR) is 104 cm³/mol. The third-order valence-corrected chi connectivity index (χ3v) is 6.04. The van der Waals surface area contributed by atoms with Crippen molar-refractivity contribution >= 4 is 32.5 Å². The normalized spacial score (nSPS) is 15.7. The molecule has 1 N–H and O–H groups in total. The number of piperidine rings is 1. The van der Waals surface area contributed by atoms with E-state index in [1.807, 2.05) is 4.90 Å². The summed E-state index contributed by atoms with van der Waals surface area (Å²) < 4.78 is 28.7. The molecule has 0 spiro atoms. The summed E-state index contributed by atoms with van der Waals surface area (Å²) in [5.74, 6) is 0.576. The number of likely N-dealkylation sites (tertiary alicyclic amines) is 1. The van der Waals surface area contributed by atoms with Crippen molar-refractivity contribution in [2.45, 2.75) is 23.8 Å². The van der Waals surface area contributed by atoms with Crippen molar-refractivity contribution in [2.75, 3.05) is 24.7 Å². The van der Waals surface area contributed by atoms with E-state index in [0.29, 0.717) is 35.4 Å². The molecular weight excluding hydrogens is 380 g/mol. The first-order valence-electron chi connectivity index (χ1n) is 8.94. The number of hydrogen-bond donors (Lipinski definition) is 1. The quantitative estimate of drug-likeness (QED) is 0.716. The van der Waals surface area contributed by atoms with Crippen LogP contribution >= 0.6 is 0 Å². The Labute approximate surface area is 162 Å². The number of hydrogen-bond acceptors (Lipinski definition) is 7. The largest absolute Gasteiger partial charge is 0.472 e. The zero-order chi connectivity index (χ0) is 19.7. The van der Waals surface area contributed by atoms with Gasteiger partial charge in [-0.2, -0.15) is 0 Å². The summed E-state index contributed by atoms with van der Waals surface area (Å²) in [6.45, 7) is 1.25. The fraction of sp³-hybridized carbons (Fsp3) is 0.316. The molecule has 8 nitrogen and oxygen atoms in total. The third kappa shape index (κ3) is 3.70. The number of benzene rings is 1. The predicted octanol–water partition coefficient (Wildman–Crippen LogP) is 2.34. The van der Waals surface area contributed by atoms with Crippen molar-refractivity contribution < 1.29 is 17.6 Å². The summed E-state index contributed by atoms with van der Waals surface area (Å²) in [7, 11) is -3.32. The number of carbonyl (C=O) groups is 1. The molecule has 3 aromatic rings. The average Bonchev–Trinajstić information content (AvgIpc) is 3.22. The Morgan fingerprint density at radius 3 is 2.68 bits per heavy atom. The second kappa shape index (κ2) is 7.23. The van der Waals surface area contributed by atoms with Gasteiger partial charge in [0.15, 0.2) is 9.84 Å². The molecule has 3 heterocycles. The van der Waals surface area contributed by atoms with E-state index in [9.17, 15) is 13.2 Å². The fourth-order valence-corrected chi connectivity index (χ4v) is 4.02. The maximum Gasteiger partial charge on any atom is 0.257 e. The third-order valence-electron chi connectivity index (χ3n) is 4.93. The first kappa shape index (κ1) is 18.4. The Hall–Kier alpha value is -2.94. The topological polar surface area (TPSA) is 105 Å². The van der Waals surface area contributed by atoms with E-state index in [0.717, 1.165) is 12.8 Å². The summed E-state index contributed by atoms with van der Waals surface area (Å²) >= 11 is 0. The Balaban J connectivity index is 1.49. The van der Waals surface area contributed by atoms with E-state index >= 15 is 0 Å². The molecule has 1 aliphatic rings. The van der Waals surface area contributed by atoms with Crippen LogP contribution in [0.15, 0.2) is 52.4 Å². The lowest BCUT2D eigenvalue weighted by molar-refractivity contribution is 0.0717. The molecular formula is C19H20N4O4S. The lowest BCUT2D eigenvalue weighted by atomic mass is 10.0. The van der Waals surface area contributed by atoms with E-state index in [-0.39, 0.29) is 16.8 Å². The summed E-state index contributed by atoms with van der Waals surface area (Å²) in [6, 6.07) is 6.64. The van der Waals surface area contributed by atoms with Gasteiger partial charge in [-0.1, -0.05) is 0 Å². The van der Waals surface area contributed by atoms with Gasteiger partial charge in [0.25, 0.3) is 5.91 Å². The van der Waals surface area contributed by atoms with Crippen LogP contribution in [0.3, 0.4) is 0 Å². The van der Waals surface area contributed by atoms with Gasteiger partial charge in [-0.25, -0.2) is 18.4 Å². The zero-order valence-electron chi connectivity index (χ0n) is 15.3. The van der Waals surface area contributed by atoms with Crippen molar-refractivity contribution in [3.8, 4) is 0 Å². The number of anilines is 1. The molecule has 0 aliphatic carbocycles. The maximum absolute atomic E-state index is 12.4. The fourth-order valence-electron chi connectivity index (χ4n) is 3.37. The molecule has 0 saturated carbocycles. The molecule has 1 fully saturated rings. The molecule has 0 atom stereocenters. The Bertz CT molecular complexity index is 1100. The van der Waals surface area contributed by atoms with Gasteiger partial charge in [-0.05, 0) is 37.1 Å². The zero-order valence-corrected chi connectivity index (χ0v) is 16.1. The molecule has 1 amide bonds. The summed E-state index contributed by atoms with van der Waals surface area (Å²) in [5.41, 5.74) is 1.24. The lowest BCUT2D eigenvalue weighted by Gasteiger charge is -2.32. The minimum absolute atomic E-state index is 0.0301. The highest BCUT2D eigenvalue weighted by Crippen LogP contribution is 2.25. The van der Waals surface area contributed by atoms with E-state index in [1.165, 1.54) is 25.1 Å². The first-order valence-corrected chi connectivity index (χ1v) is 10.8. The number of furan rings is 1. The monoisotopic (exact) mass is 400 g/mol. The summed E-state index contributed by atoms with van der Waals surface area (Å²) in [4.78, 5) is 23.0. The van der Waals surface area contributed by atoms with Crippen LogP contribution in [0.5, 0.6) is 0 Å². The molecule has 0 bridgehead atoms. The maximum atomic E-state index is 12.4. The Kier molecular flexibility index (Phi) is 4.76. The van der Waals surface area contributed by atoms with Crippen LogP contribution in [0.1, 0.15) is 23.2 Å². The van der Waals surface area contributed by atoms with Gasteiger partial charge in [0.05, 0.1) is 22.2 Å². The van der Waals surface area contributed by atoms with E-state index in [2.05, 4.69) is 15.3 Å². The highest BCUT2D eigenvalue weighted by atomic mass is 32.2. The van der Waals surface area contributed by atoms with E-state index in [1.54, 1.807) is 24.3 Å². The average molecular weight is 400 g/mol. The molecule has 1 aliphatic heterocycles. The van der Waals surface area contributed by atoms with Crippen molar-refractivity contribution in [1.29, 1.82) is 0 Å². The van der Waals surface area contributed by atoms with Crippen LogP contribution in [0.4, 0.5) is 5.82 Å². The number of aromatic nitrogens is 2. The number of rotatable bonds is 4. The van der Waals surface area contributed by atoms with Gasteiger partial charge in [0, 0.05) is 30.8 Å². The van der Waals surface area contributed by atoms with Gasteiger partial charge >= 0.3 is 0 Å². The van der Waals surface area contributed by atoms with Crippen LogP contribution in [0.2, 0.25) is 0 Å². The van der Waals surface area contributed by atoms with Crippen molar-refractivity contribution in [3.05, 3.63) is 48.7 Å². The molecule has 1 aromatic carbocycles. The highest BCUT2D eigenvalue weighted by Gasteiger charge is 2.25. The number of fused-ring (bicyclic) bond motifs is 1. The van der Waals surface area contributed by atoms with E-state index in [4.69, 9.17) is 4.42 Å². The van der Waals surface area contributed by atoms with Gasteiger partial charge < -0.3 is 14.6 Å². The molecule has 0 radical (unpaired) electrons.